The van der Waals surface area contributed by atoms with Crippen molar-refractivity contribution in [1.29, 1.82) is 0 Å². The van der Waals surface area contributed by atoms with E-state index in [1.54, 1.807) is 11.1 Å². The van der Waals surface area contributed by atoms with Gasteiger partial charge >= 0.3 is 0 Å². The number of fused-ring (bicyclic) bond motifs is 1. The number of halogens is 2. The fourth-order valence-electron chi connectivity index (χ4n) is 4.69. The van der Waals surface area contributed by atoms with Crippen molar-refractivity contribution in [1.82, 2.24) is 0 Å². The minimum Gasteiger partial charge on any atom is -0.103 e. The van der Waals surface area contributed by atoms with Crippen LogP contribution in [0.25, 0.3) is 0 Å². The van der Waals surface area contributed by atoms with Crippen molar-refractivity contribution in [2.24, 2.45) is 0 Å². The molecule has 36 heavy (non-hydrogen) atoms. The second-order valence-electron chi connectivity index (χ2n) is 10.0. The molecule has 0 bridgehead atoms. The molecule has 0 nitrogen and oxygen atoms in total. The van der Waals surface area contributed by atoms with Crippen LogP contribution in [0.2, 0.25) is 0 Å². The Hall–Kier alpha value is -1.64. The quantitative estimate of drug-likeness (QED) is 0.126. The van der Waals surface area contributed by atoms with Gasteiger partial charge in [0.25, 0.3) is 0 Å². The molecular weight excluding hydrogens is 568 g/mol. The minimum absolute atomic E-state index is 1.17. The Morgan fingerprint density at radius 1 is 0.528 bits per heavy atom. The number of hydrogen-bond donors (Lipinski definition) is 0. The molecule has 1 aliphatic carbocycles. The van der Waals surface area contributed by atoms with Crippen LogP contribution in [0.4, 0.5) is 0 Å². The van der Waals surface area contributed by atoms with Gasteiger partial charge < -0.3 is 0 Å². The number of benzene rings is 3. The van der Waals surface area contributed by atoms with Gasteiger partial charge in [0.1, 0.15) is 0 Å². The Bertz CT molecular complexity index is 1020. The Morgan fingerprint density at radius 3 is 1.47 bits per heavy atom. The highest BCUT2D eigenvalue weighted by molar-refractivity contribution is 9.10. The van der Waals surface area contributed by atoms with Crippen LogP contribution in [-0.2, 0) is 32.1 Å². The van der Waals surface area contributed by atoms with Crippen LogP contribution in [0.3, 0.4) is 0 Å². The van der Waals surface area contributed by atoms with Gasteiger partial charge in [-0.2, -0.15) is 0 Å². The molecule has 2 heteroatoms. The van der Waals surface area contributed by atoms with E-state index in [4.69, 9.17) is 0 Å². The van der Waals surface area contributed by atoms with Crippen molar-refractivity contribution in [3.63, 3.8) is 0 Å². The molecule has 0 saturated heterocycles. The normalized spacial score (nSPS) is 11.7. The van der Waals surface area contributed by atoms with Crippen LogP contribution in [0.1, 0.15) is 85.6 Å². The van der Waals surface area contributed by atoms with Gasteiger partial charge in [0.2, 0.25) is 0 Å². The summed E-state index contributed by atoms with van der Waals surface area (Å²) in [5.74, 6) is 0. The molecule has 4 rings (SSSR count). The molecule has 192 valence electrons. The lowest BCUT2D eigenvalue weighted by Crippen LogP contribution is -2.08. The van der Waals surface area contributed by atoms with Crippen LogP contribution in [0.15, 0.2) is 88.3 Å². The van der Waals surface area contributed by atoms with E-state index in [-0.39, 0.29) is 0 Å². The first-order valence-corrected chi connectivity index (χ1v) is 15.4. The first kappa shape index (κ1) is 28.9. The summed E-state index contributed by atoms with van der Waals surface area (Å²) in [7, 11) is 0. The molecule has 0 fully saturated rings. The maximum Gasteiger partial charge on any atom is 0.0175 e. The second-order valence-corrected chi connectivity index (χ2v) is 11.8. The van der Waals surface area contributed by atoms with Gasteiger partial charge in [0.05, 0.1) is 0 Å². The Balaban J connectivity index is 0.000000207. The molecule has 0 atom stereocenters. The van der Waals surface area contributed by atoms with E-state index in [9.17, 15) is 0 Å². The lowest BCUT2D eigenvalue weighted by molar-refractivity contribution is 0.618. The molecule has 0 aromatic heterocycles. The van der Waals surface area contributed by atoms with Crippen LogP contribution in [0.5, 0.6) is 0 Å². The van der Waals surface area contributed by atoms with E-state index < -0.39 is 0 Å². The van der Waals surface area contributed by atoms with E-state index >= 15 is 0 Å². The predicted octanol–water partition coefficient (Wildman–Crippen LogP) is 11.0. The number of aryl methyl sites for hydroxylation is 5. The molecule has 0 N–H and O–H groups in total. The van der Waals surface area contributed by atoms with Crippen LogP contribution in [0, 0.1) is 0 Å². The van der Waals surface area contributed by atoms with Gasteiger partial charge in [-0.05, 0) is 116 Å². The highest BCUT2D eigenvalue weighted by atomic mass is 79.9. The Morgan fingerprint density at radius 2 is 0.972 bits per heavy atom. The van der Waals surface area contributed by atoms with Crippen molar-refractivity contribution >= 4 is 31.9 Å². The molecule has 0 aliphatic heterocycles. The number of hydrogen-bond acceptors (Lipinski definition) is 0. The average Bonchev–Trinajstić information content (AvgIpc) is 2.87. The summed E-state index contributed by atoms with van der Waals surface area (Å²) in [5, 5.41) is 0. The maximum atomic E-state index is 3.74. The van der Waals surface area contributed by atoms with Gasteiger partial charge in [-0.3, -0.25) is 0 Å². The van der Waals surface area contributed by atoms with Gasteiger partial charge in [-0.15, -0.1) is 6.58 Å². The van der Waals surface area contributed by atoms with E-state index in [2.05, 4.69) is 105 Å². The maximum absolute atomic E-state index is 3.74. The van der Waals surface area contributed by atoms with E-state index in [1.165, 1.54) is 116 Å². The minimum atomic E-state index is 1.17. The molecule has 0 amide bonds. The van der Waals surface area contributed by atoms with Gasteiger partial charge in [-0.25, -0.2) is 0 Å². The lowest BCUT2D eigenvalue weighted by Gasteiger charge is -2.19. The SMILES string of the molecule is Brc1ccc(CCCCCc2ccc3c(c2)CC3)cc1.C=CCCCCCCCc1ccc(Br)cc1. The third kappa shape index (κ3) is 11.2. The van der Waals surface area contributed by atoms with E-state index in [0.717, 1.165) is 0 Å². The molecule has 0 unspecified atom stereocenters. The third-order valence-electron chi connectivity index (χ3n) is 7.07. The number of unbranched alkanes of at least 4 members (excludes halogenated alkanes) is 7. The van der Waals surface area contributed by atoms with Gasteiger partial charge in [0, 0.05) is 8.95 Å². The zero-order valence-corrected chi connectivity index (χ0v) is 25.0. The van der Waals surface area contributed by atoms with Crippen molar-refractivity contribution in [2.45, 2.75) is 89.9 Å². The largest absolute Gasteiger partial charge is 0.103 e. The molecule has 0 spiro atoms. The molecule has 3 aromatic rings. The number of allylic oxidation sites excluding steroid dienone is 1. The third-order valence-corrected chi connectivity index (χ3v) is 8.12. The van der Waals surface area contributed by atoms with Crippen molar-refractivity contribution in [3.8, 4) is 0 Å². The monoisotopic (exact) mass is 608 g/mol. The fourth-order valence-corrected chi connectivity index (χ4v) is 5.22. The van der Waals surface area contributed by atoms with Gasteiger partial charge in [0.15, 0.2) is 0 Å². The number of rotatable bonds is 14. The summed E-state index contributed by atoms with van der Waals surface area (Å²) < 4.78 is 2.34. The predicted molar refractivity (Wildman–Crippen MR) is 165 cm³/mol. The molecule has 0 radical (unpaired) electrons. The first-order valence-electron chi connectivity index (χ1n) is 13.8. The summed E-state index contributed by atoms with van der Waals surface area (Å²) in [6.07, 6.45) is 20.1. The fraction of sp³-hybridized carbons (Fsp3) is 0.412. The van der Waals surface area contributed by atoms with Crippen LogP contribution >= 0.6 is 31.9 Å². The summed E-state index contributed by atoms with van der Waals surface area (Å²) in [5.41, 5.74) is 7.61. The Labute approximate surface area is 236 Å². The molecule has 0 saturated carbocycles. The summed E-state index contributed by atoms with van der Waals surface area (Å²) in [6.45, 7) is 3.74. The van der Waals surface area contributed by atoms with E-state index in [1.807, 2.05) is 6.08 Å². The van der Waals surface area contributed by atoms with Crippen LogP contribution in [-0.4, -0.2) is 0 Å². The first-order chi connectivity index (χ1) is 17.6. The standard InChI is InChI=1S/C19H21Br.C15H21Br/c20-19-12-7-15(8-13-19)4-2-1-3-5-16-6-9-17-10-11-18(17)14-16;1-2-3-4-5-6-7-8-9-14-10-12-15(16)13-11-14/h6-9,12-14H,1-5,10-11H2;2,10-13H,1,3-9H2. The molecule has 0 heterocycles. The second kappa shape index (κ2) is 17.0. The molecule has 1 aliphatic rings. The topological polar surface area (TPSA) is 0 Å². The highest BCUT2D eigenvalue weighted by Gasteiger charge is 2.12. The lowest BCUT2D eigenvalue weighted by atomic mass is 9.86. The molecular formula is C34H42Br2. The zero-order valence-electron chi connectivity index (χ0n) is 21.8. The average molecular weight is 611 g/mol. The smallest absolute Gasteiger partial charge is 0.0175 e. The van der Waals surface area contributed by atoms with Crippen molar-refractivity contribution in [2.75, 3.05) is 0 Å². The molecule has 3 aromatic carbocycles. The zero-order chi connectivity index (χ0) is 25.4. The highest BCUT2D eigenvalue weighted by Crippen LogP contribution is 2.24. The summed E-state index contributed by atoms with van der Waals surface area (Å²) in [4.78, 5) is 0. The van der Waals surface area contributed by atoms with Gasteiger partial charge in [-0.1, -0.05) is 106 Å². The summed E-state index contributed by atoms with van der Waals surface area (Å²) in [6, 6.07) is 24.5. The summed E-state index contributed by atoms with van der Waals surface area (Å²) >= 11 is 6.93. The Kier molecular flexibility index (Phi) is 13.6. The van der Waals surface area contributed by atoms with E-state index in [0.29, 0.717) is 0 Å². The van der Waals surface area contributed by atoms with Crippen molar-refractivity contribution < 1.29 is 0 Å². The van der Waals surface area contributed by atoms with Crippen molar-refractivity contribution in [3.05, 3.63) is 116 Å². The van der Waals surface area contributed by atoms with Crippen LogP contribution < -0.4 is 0 Å².